The van der Waals surface area contributed by atoms with Gasteiger partial charge in [-0.3, -0.25) is 4.79 Å². The van der Waals surface area contributed by atoms with Gasteiger partial charge in [-0.15, -0.1) is 0 Å². The largest absolute Gasteiger partial charge is 0.481 e. The van der Waals surface area contributed by atoms with E-state index in [1.54, 1.807) is 6.92 Å². The SMILES string of the molecule is CCc1ccc([C@H](C)NC(=O)[C@H](C)Oc2ccccc2C)cc1. The van der Waals surface area contributed by atoms with Crippen LogP contribution in [0.3, 0.4) is 0 Å². The Bertz CT molecular complexity index is 649. The second-order valence-corrected chi connectivity index (χ2v) is 5.85. The van der Waals surface area contributed by atoms with Crippen molar-refractivity contribution in [1.29, 1.82) is 0 Å². The van der Waals surface area contributed by atoms with Crippen molar-refractivity contribution < 1.29 is 9.53 Å². The van der Waals surface area contributed by atoms with Crippen LogP contribution in [-0.4, -0.2) is 12.0 Å². The Kier molecular flexibility index (Phi) is 5.80. The molecule has 2 atom stereocenters. The van der Waals surface area contributed by atoms with Crippen LogP contribution in [0.15, 0.2) is 48.5 Å². The van der Waals surface area contributed by atoms with Crippen LogP contribution in [0.2, 0.25) is 0 Å². The van der Waals surface area contributed by atoms with E-state index >= 15 is 0 Å². The number of nitrogens with one attached hydrogen (secondary N) is 1. The summed E-state index contributed by atoms with van der Waals surface area (Å²) in [6.45, 7) is 7.86. The Hall–Kier alpha value is -2.29. The number of rotatable bonds is 6. The van der Waals surface area contributed by atoms with Crippen LogP contribution in [0, 0.1) is 6.92 Å². The van der Waals surface area contributed by atoms with E-state index in [0.717, 1.165) is 23.3 Å². The van der Waals surface area contributed by atoms with Crippen molar-refractivity contribution in [1.82, 2.24) is 5.32 Å². The van der Waals surface area contributed by atoms with Gasteiger partial charge in [-0.25, -0.2) is 0 Å². The highest BCUT2D eigenvalue weighted by Crippen LogP contribution is 2.19. The highest BCUT2D eigenvalue weighted by Gasteiger charge is 2.18. The minimum absolute atomic E-state index is 0.0451. The summed E-state index contributed by atoms with van der Waals surface area (Å²) in [5.74, 6) is 0.635. The van der Waals surface area contributed by atoms with Gasteiger partial charge in [0.1, 0.15) is 5.75 Å². The number of ether oxygens (including phenoxy) is 1. The Morgan fingerprint density at radius 2 is 1.74 bits per heavy atom. The molecular formula is C20H25NO2. The number of amides is 1. The first kappa shape index (κ1) is 17.1. The molecular weight excluding hydrogens is 286 g/mol. The maximum Gasteiger partial charge on any atom is 0.261 e. The lowest BCUT2D eigenvalue weighted by molar-refractivity contribution is -0.127. The molecule has 0 aliphatic heterocycles. The third-order valence-corrected chi connectivity index (χ3v) is 4.01. The average molecular weight is 311 g/mol. The van der Waals surface area contributed by atoms with Gasteiger partial charge in [-0.1, -0.05) is 49.4 Å². The predicted molar refractivity (Wildman–Crippen MR) is 93.6 cm³/mol. The van der Waals surface area contributed by atoms with Crippen LogP contribution in [0.4, 0.5) is 0 Å². The van der Waals surface area contributed by atoms with E-state index in [2.05, 4.69) is 36.5 Å². The maximum atomic E-state index is 12.3. The molecule has 2 aromatic rings. The topological polar surface area (TPSA) is 38.3 Å². The summed E-state index contributed by atoms with van der Waals surface area (Å²) in [6.07, 6.45) is 0.482. The smallest absolute Gasteiger partial charge is 0.261 e. The first-order chi connectivity index (χ1) is 11.0. The molecule has 1 N–H and O–H groups in total. The molecule has 0 radical (unpaired) electrons. The van der Waals surface area contributed by atoms with Crippen molar-refractivity contribution >= 4 is 5.91 Å². The number of para-hydroxylation sites is 1. The second kappa shape index (κ2) is 7.82. The van der Waals surface area contributed by atoms with Crippen LogP contribution >= 0.6 is 0 Å². The highest BCUT2D eigenvalue weighted by atomic mass is 16.5. The molecule has 3 heteroatoms. The molecule has 0 fully saturated rings. The van der Waals surface area contributed by atoms with Gasteiger partial charge in [0.2, 0.25) is 0 Å². The van der Waals surface area contributed by atoms with E-state index in [1.807, 2.05) is 38.1 Å². The molecule has 0 saturated heterocycles. The highest BCUT2D eigenvalue weighted by molar-refractivity contribution is 5.81. The lowest BCUT2D eigenvalue weighted by Crippen LogP contribution is -2.37. The molecule has 2 aromatic carbocycles. The van der Waals surface area contributed by atoms with Crippen molar-refractivity contribution in [3.05, 3.63) is 65.2 Å². The van der Waals surface area contributed by atoms with Crippen molar-refractivity contribution in [2.24, 2.45) is 0 Å². The number of carbonyl (C=O) groups is 1. The lowest BCUT2D eigenvalue weighted by atomic mass is 10.0. The maximum absolute atomic E-state index is 12.3. The standard InChI is InChI=1S/C20H25NO2/c1-5-17-10-12-18(13-11-17)15(3)21-20(22)16(4)23-19-9-7-6-8-14(19)2/h6-13,15-16H,5H2,1-4H3,(H,21,22)/t15-,16-/m0/s1. The molecule has 0 spiro atoms. The summed E-state index contributed by atoms with van der Waals surface area (Å²) < 4.78 is 5.77. The number of carbonyl (C=O) groups excluding carboxylic acids is 1. The zero-order valence-corrected chi connectivity index (χ0v) is 14.3. The zero-order chi connectivity index (χ0) is 16.8. The van der Waals surface area contributed by atoms with E-state index in [4.69, 9.17) is 4.74 Å². The average Bonchev–Trinajstić information content (AvgIpc) is 2.56. The van der Waals surface area contributed by atoms with E-state index in [-0.39, 0.29) is 11.9 Å². The van der Waals surface area contributed by atoms with Gasteiger partial charge in [-0.05, 0) is 49.9 Å². The summed E-state index contributed by atoms with van der Waals surface area (Å²) >= 11 is 0. The van der Waals surface area contributed by atoms with Gasteiger partial charge < -0.3 is 10.1 Å². The first-order valence-corrected chi connectivity index (χ1v) is 8.12. The summed E-state index contributed by atoms with van der Waals surface area (Å²) in [4.78, 5) is 12.3. The number of hydrogen-bond acceptors (Lipinski definition) is 2. The first-order valence-electron chi connectivity index (χ1n) is 8.12. The van der Waals surface area contributed by atoms with Crippen molar-refractivity contribution in [3.63, 3.8) is 0 Å². The minimum atomic E-state index is -0.534. The Labute approximate surface area is 138 Å². The Morgan fingerprint density at radius 1 is 1.09 bits per heavy atom. The second-order valence-electron chi connectivity index (χ2n) is 5.85. The van der Waals surface area contributed by atoms with E-state index in [9.17, 15) is 4.79 Å². The van der Waals surface area contributed by atoms with Crippen LogP contribution in [0.25, 0.3) is 0 Å². The van der Waals surface area contributed by atoms with E-state index in [1.165, 1.54) is 5.56 Å². The van der Waals surface area contributed by atoms with Gasteiger partial charge in [0, 0.05) is 0 Å². The fourth-order valence-corrected chi connectivity index (χ4v) is 2.39. The fourth-order valence-electron chi connectivity index (χ4n) is 2.39. The van der Waals surface area contributed by atoms with Gasteiger partial charge >= 0.3 is 0 Å². The molecule has 23 heavy (non-hydrogen) atoms. The minimum Gasteiger partial charge on any atom is -0.481 e. The predicted octanol–water partition coefficient (Wildman–Crippen LogP) is 4.20. The molecule has 0 heterocycles. The summed E-state index contributed by atoms with van der Waals surface area (Å²) in [5, 5.41) is 3.01. The molecule has 3 nitrogen and oxygen atoms in total. The number of hydrogen-bond donors (Lipinski definition) is 1. The van der Waals surface area contributed by atoms with Crippen LogP contribution < -0.4 is 10.1 Å². The summed E-state index contributed by atoms with van der Waals surface area (Å²) in [5.41, 5.74) is 3.41. The van der Waals surface area contributed by atoms with E-state index < -0.39 is 6.10 Å². The van der Waals surface area contributed by atoms with E-state index in [0.29, 0.717) is 0 Å². The molecule has 0 aromatic heterocycles. The molecule has 2 rings (SSSR count). The molecule has 0 saturated carbocycles. The van der Waals surface area contributed by atoms with Crippen molar-refractivity contribution in [2.45, 2.75) is 46.3 Å². The summed E-state index contributed by atoms with van der Waals surface area (Å²) in [7, 11) is 0. The third-order valence-electron chi connectivity index (χ3n) is 4.01. The van der Waals surface area contributed by atoms with Crippen molar-refractivity contribution in [2.75, 3.05) is 0 Å². The lowest BCUT2D eigenvalue weighted by Gasteiger charge is -2.20. The van der Waals surface area contributed by atoms with Gasteiger partial charge in [0.15, 0.2) is 6.10 Å². The molecule has 122 valence electrons. The van der Waals surface area contributed by atoms with Gasteiger partial charge in [-0.2, -0.15) is 0 Å². The van der Waals surface area contributed by atoms with Crippen molar-refractivity contribution in [3.8, 4) is 5.75 Å². The van der Waals surface area contributed by atoms with Crippen LogP contribution in [-0.2, 0) is 11.2 Å². The molecule has 0 unspecified atom stereocenters. The normalized spacial score (nSPS) is 13.2. The molecule has 0 aliphatic rings. The number of aryl methyl sites for hydroxylation is 2. The Balaban J connectivity index is 1.95. The van der Waals surface area contributed by atoms with Crippen LogP contribution in [0.1, 0.15) is 43.5 Å². The molecule has 0 bridgehead atoms. The summed E-state index contributed by atoms with van der Waals surface area (Å²) in [6, 6.07) is 16.0. The quantitative estimate of drug-likeness (QED) is 0.868. The van der Waals surface area contributed by atoms with Gasteiger partial charge in [0.05, 0.1) is 6.04 Å². The monoisotopic (exact) mass is 311 g/mol. The van der Waals surface area contributed by atoms with Crippen LogP contribution in [0.5, 0.6) is 5.75 Å². The number of benzene rings is 2. The fraction of sp³-hybridized carbons (Fsp3) is 0.350. The molecule has 0 aliphatic carbocycles. The van der Waals surface area contributed by atoms with Gasteiger partial charge in [0.25, 0.3) is 5.91 Å². The third kappa shape index (κ3) is 4.59. The zero-order valence-electron chi connectivity index (χ0n) is 14.3. The molecule has 1 amide bonds. The Morgan fingerprint density at radius 3 is 2.35 bits per heavy atom.